The largest absolute Gasteiger partial charge is 0.347 e. The predicted molar refractivity (Wildman–Crippen MR) is 96.0 cm³/mol. The molecule has 0 saturated carbocycles. The van der Waals surface area contributed by atoms with Crippen LogP contribution in [-0.2, 0) is 13.1 Å². The standard InChI is InChI=1S/C17H15N7OS/c25-17(15-11-24(22-21-15)10-14-2-1-7-26-14)20-9-13-3-4-19-16(8-13)23-6-5-18-12-23/h1-8,11-12H,9-10H2,(H,20,25). The van der Waals surface area contributed by atoms with Crippen LogP contribution in [0.15, 0.2) is 60.8 Å². The van der Waals surface area contributed by atoms with Crippen molar-refractivity contribution in [1.82, 2.24) is 34.8 Å². The SMILES string of the molecule is O=C(NCc1ccnc(-n2ccnc2)c1)c1cn(Cc2cccs2)nn1. The van der Waals surface area contributed by atoms with Crippen LogP contribution in [0.5, 0.6) is 0 Å². The summed E-state index contributed by atoms with van der Waals surface area (Å²) in [5.74, 6) is 0.486. The molecule has 4 aromatic rings. The third kappa shape index (κ3) is 3.67. The molecule has 4 aromatic heterocycles. The van der Waals surface area contributed by atoms with Crippen LogP contribution in [0.3, 0.4) is 0 Å². The summed E-state index contributed by atoms with van der Waals surface area (Å²) >= 11 is 1.64. The van der Waals surface area contributed by atoms with Gasteiger partial charge in [0.05, 0.1) is 12.7 Å². The van der Waals surface area contributed by atoms with Crippen LogP contribution >= 0.6 is 11.3 Å². The number of nitrogens with one attached hydrogen (secondary N) is 1. The van der Waals surface area contributed by atoms with Crippen molar-refractivity contribution in [3.63, 3.8) is 0 Å². The van der Waals surface area contributed by atoms with Crippen molar-refractivity contribution in [2.24, 2.45) is 0 Å². The molecule has 9 heteroatoms. The fourth-order valence-corrected chi connectivity index (χ4v) is 3.12. The first-order valence-electron chi connectivity index (χ1n) is 7.92. The number of amides is 1. The van der Waals surface area contributed by atoms with Gasteiger partial charge >= 0.3 is 0 Å². The first-order chi connectivity index (χ1) is 12.8. The van der Waals surface area contributed by atoms with Crippen molar-refractivity contribution in [2.75, 3.05) is 0 Å². The molecule has 0 radical (unpaired) electrons. The number of hydrogen-bond donors (Lipinski definition) is 1. The maximum atomic E-state index is 12.3. The van der Waals surface area contributed by atoms with Gasteiger partial charge in [0.25, 0.3) is 5.91 Å². The second-order valence-corrected chi connectivity index (χ2v) is 6.59. The third-order valence-electron chi connectivity index (χ3n) is 3.70. The number of nitrogens with zero attached hydrogens (tertiary/aromatic N) is 6. The quantitative estimate of drug-likeness (QED) is 0.564. The molecule has 0 aliphatic carbocycles. The van der Waals surface area contributed by atoms with Crippen LogP contribution in [0.25, 0.3) is 5.82 Å². The topological polar surface area (TPSA) is 90.5 Å². The maximum Gasteiger partial charge on any atom is 0.273 e. The van der Waals surface area contributed by atoms with E-state index in [1.54, 1.807) is 40.9 Å². The normalized spacial score (nSPS) is 10.8. The van der Waals surface area contributed by atoms with Crippen molar-refractivity contribution in [3.8, 4) is 5.82 Å². The van der Waals surface area contributed by atoms with Gasteiger partial charge in [-0.05, 0) is 29.1 Å². The summed E-state index contributed by atoms with van der Waals surface area (Å²) in [6, 6.07) is 7.76. The Morgan fingerprint density at radius 1 is 1.27 bits per heavy atom. The molecule has 0 unspecified atom stereocenters. The van der Waals surface area contributed by atoms with E-state index in [1.165, 1.54) is 0 Å². The van der Waals surface area contributed by atoms with E-state index < -0.39 is 0 Å². The Hall–Kier alpha value is -3.33. The number of thiophene rings is 1. The molecule has 1 amide bonds. The van der Waals surface area contributed by atoms with Gasteiger partial charge in [0, 0.05) is 30.0 Å². The zero-order valence-electron chi connectivity index (χ0n) is 13.7. The van der Waals surface area contributed by atoms with Gasteiger partial charge in [0.15, 0.2) is 5.69 Å². The van der Waals surface area contributed by atoms with Gasteiger partial charge in [-0.25, -0.2) is 14.6 Å². The molecule has 1 N–H and O–H groups in total. The van der Waals surface area contributed by atoms with E-state index in [0.29, 0.717) is 18.8 Å². The number of aromatic nitrogens is 6. The predicted octanol–water partition coefficient (Wildman–Crippen LogP) is 1.90. The molecule has 0 atom stereocenters. The molecule has 0 spiro atoms. The smallest absolute Gasteiger partial charge is 0.273 e. The van der Waals surface area contributed by atoms with Crippen molar-refractivity contribution < 1.29 is 4.79 Å². The lowest BCUT2D eigenvalue weighted by atomic mass is 10.2. The zero-order valence-corrected chi connectivity index (χ0v) is 14.5. The summed E-state index contributed by atoms with van der Waals surface area (Å²) < 4.78 is 3.46. The van der Waals surface area contributed by atoms with Crippen LogP contribution in [0, 0.1) is 0 Å². The summed E-state index contributed by atoms with van der Waals surface area (Å²) in [5.41, 5.74) is 1.23. The van der Waals surface area contributed by atoms with Crippen molar-refractivity contribution in [2.45, 2.75) is 13.1 Å². The lowest BCUT2D eigenvalue weighted by Gasteiger charge is -2.06. The van der Waals surface area contributed by atoms with E-state index in [-0.39, 0.29) is 5.91 Å². The molecular weight excluding hydrogens is 350 g/mol. The first kappa shape index (κ1) is 16.2. The second kappa shape index (κ2) is 7.28. The Morgan fingerprint density at radius 3 is 3.04 bits per heavy atom. The molecule has 4 rings (SSSR count). The summed E-state index contributed by atoms with van der Waals surface area (Å²) in [6.07, 6.45) is 8.54. The van der Waals surface area contributed by atoms with Gasteiger partial charge in [-0.3, -0.25) is 9.36 Å². The highest BCUT2D eigenvalue weighted by Gasteiger charge is 2.11. The molecule has 0 aliphatic heterocycles. The van der Waals surface area contributed by atoms with Crippen molar-refractivity contribution in [3.05, 3.63) is 76.9 Å². The van der Waals surface area contributed by atoms with E-state index in [0.717, 1.165) is 16.3 Å². The minimum absolute atomic E-state index is 0.261. The molecule has 4 heterocycles. The highest BCUT2D eigenvalue weighted by Crippen LogP contribution is 2.10. The minimum Gasteiger partial charge on any atom is -0.347 e. The van der Waals surface area contributed by atoms with E-state index in [4.69, 9.17) is 0 Å². The average molecular weight is 365 g/mol. The Labute approximate surface area is 153 Å². The first-order valence-corrected chi connectivity index (χ1v) is 8.80. The van der Waals surface area contributed by atoms with Gasteiger partial charge < -0.3 is 5.32 Å². The Balaban J connectivity index is 1.38. The second-order valence-electron chi connectivity index (χ2n) is 5.56. The Bertz CT molecular complexity index is 992. The number of hydrogen-bond acceptors (Lipinski definition) is 6. The maximum absolute atomic E-state index is 12.3. The molecule has 0 aliphatic rings. The molecule has 0 bridgehead atoms. The molecule has 26 heavy (non-hydrogen) atoms. The number of pyridine rings is 1. The van der Waals surface area contributed by atoms with Gasteiger partial charge in [0.1, 0.15) is 12.1 Å². The van der Waals surface area contributed by atoms with E-state index in [1.807, 2.05) is 40.4 Å². The van der Waals surface area contributed by atoms with Crippen molar-refractivity contribution >= 4 is 17.2 Å². The van der Waals surface area contributed by atoms with E-state index >= 15 is 0 Å². The average Bonchev–Trinajstić information content (AvgIpc) is 3.42. The van der Waals surface area contributed by atoms with Gasteiger partial charge in [0.2, 0.25) is 0 Å². The Morgan fingerprint density at radius 2 is 2.23 bits per heavy atom. The summed E-state index contributed by atoms with van der Waals surface area (Å²) in [7, 11) is 0. The number of carbonyl (C=O) groups is 1. The lowest BCUT2D eigenvalue weighted by molar-refractivity contribution is 0.0946. The highest BCUT2D eigenvalue weighted by atomic mass is 32.1. The zero-order chi connectivity index (χ0) is 17.8. The molecule has 0 aromatic carbocycles. The molecular formula is C17H15N7OS. The van der Waals surface area contributed by atoms with Gasteiger partial charge in [-0.15, -0.1) is 16.4 Å². The molecule has 8 nitrogen and oxygen atoms in total. The summed E-state index contributed by atoms with van der Waals surface area (Å²) in [5, 5.41) is 12.8. The lowest BCUT2D eigenvalue weighted by Crippen LogP contribution is -2.23. The van der Waals surface area contributed by atoms with Crippen LogP contribution in [0.1, 0.15) is 20.9 Å². The van der Waals surface area contributed by atoms with Crippen LogP contribution in [0.4, 0.5) is 0 Å². The number of carbonyl (C=O) groups excluding carboxylic acids is 1. The fourth-order valence-electron chi connectivity index (χ4n) is 2.42. The third-order valence-corrected chi connectivity index (χ3v) is 4.56. The van der Waals surface area contributed by atoms with Crippen LogP contribution < -0.4 is 5.32 Å². The fraction of sp³-hybridized carbons (Fsp3) is 0.118. The highest BCUT2D eigenvalue weighted by molar-refractivity contribution is 7.09. The van der Waals surface area contributed by atoms with E-state index in [9.17, 15) is 4.79 Å². The van der Waals surface area contributed by atoms with Crippen LogP contribution in [-0.4, -0.2) is 35.4 Å². The summed E-state index contributed by atoms with van der Waals surface area (Å²) in [6.45, 7) is 0.984. The van der Waals surface area contributed by atoms with Gasteiger partial charge in [-0.1, -0.05) is 11.3 Å². The monoisotopic (exact) mass is 365 g/mol. The van der Waals surface area contributed by atoms with Gasteiger partial charge in [-0.2, -0.15) is 0 Å². The number of rotatable bonds is 6. The minimum atomic E-state index is -0.261. The van der Waals surface area contributed by atoms with E-state index in [2.05, 4.69) is 25.6 Å². The Kier molecular flexibility index (Phi) is 4.52. The van der Waals surface area contributed by atoms with Crippen molar-refractivity contribution in [1.29, 1.82) is 0 Å². The molecule has 130 valence electrons. The molecule has 0 fully saturated rings. The van der Waals surface area contributed by atoms with Crippen LogP contribution in [0.2, 0.25) is 0 Å². The summed E-state index contributed by atoms with van der Waals surface area (Å²) in [4.78, 5) is 21.7. The number of imidazole rings is 1. The molecule has 0 saturated heterocycles.